The van der Waals surface area contributed by atoms with Crippen molar-refractivity contribution in [3.63, 3.8) is 0 Å². The molecule has 0 fully saturated rings. The predicted octanol–water partition coefficient (Wildman–Crippen LogP) is 2.67. The van der Waals surface area contributed by atoms with Gasteiger partial charge in [-0.2, -0.15) is 0 Å². The second-order valence-electron chi connectivity index (χ2n) is 5.56. The lowest BCUT2D eigenvalue weighted by Crippen LogP contribution is -2.49. The molecule has 0 spiro atoms. The lowest BCUT2D eigenvalue weighted by molar-refractivity contribution is -0.123. The van der Waals surface area contributed by atoms with Crippen LogP contribution in [-0.4, -0.2) is 24.4 Å². The molecule has 0 bridgehead atoms. The van der Waals surface area contributed by atoms with Crippen molar-refractivity contribution in [1.82, 2.24) is 10.6 Å². The molecule has 2 amide bonds. The van der Waals surface area contributed by atoms with Crippen molar-refractivity contribution in [2.45, 2.75) is 19.9 Å². The molecule has 1 atom stereocenters. The van der Waals surface area contributed by atoms with Crippen LogP contribution in [0.5, 0.6) is 0 Å². The first-order valence-electron chi connectivity index (χ1n) is 7.74. The topological polar surface area (TPSA) is 58.2 Å². The summed E-state index contributed by atoms with van der Waals surface area (Å²) in [5, 5.41) is 7.38. The normalized spacial score (nSPS) is 11.3. The molecule has 124 valence electrons. The van der Waals surface area contributed by atoms with Crippen molar-refractivity contribution < 1.29 is 9.59 Å². The summed E-state index contributed by atoms with van der Waals surface area (Å²) in [4.78, 5) is 25.0. The summed E-state index contributed by atoms with van der Waals surface area (Å²) in [6.45, 7) is 4.04. The number of nitrogens with one attached hydrogen (secondary N) is 2. The zero-order valence-electron chi connectivity index (χ0n) is 13.7. The molecule has 0 aliphatic rings. The zero-order valence-corrected chi connectivity index (χ0v) is 14.5. The van der Waals surface area contributed by atoms with Crippen LogP contribution in [0.3, 0.4) is 0 Å². The highest BCUT2D eigenvalue weighted by molar-refractivity contribution is 7.12. The minimum atomic E-state index is -0.585. The van der Waals surface area contributed by atoms with Gasteiger partial charge < -0.3 is 10.6 Å². The Morgan fingerprint density at radius 2 is 1.88 bits per heavy atom. The van der Waals surface area contributed by atoms with Gasteiger partial charge in [-0.1, -0.05) is 50.0 Å². The Morgan fingerprint density at radius 3 is 2.50 bits per heavy atom. The Morgan fingerprint density at radius 1 is 1.12 bits per heavy atom. The van der Waals surface area contributed by atoms with Gasteiger partial charge in [0.1, 0.15) is 6.04 Å². The monoisotopic (exact) mass is 340 g/mol. The maximum Gasteiger partial charge on any atom is 0.262 e. The smallest absolute Gasteiger partial charge is 0.262 e. The van der Waals surface area contributed by atoms with Gasteiger partial charge in [-0.3, -0.25) is 9.59 Å². The zero-order chi connectivity index (χ0) is 17.4. The van der Waals surface area contributed by atoms with Gasteiger partial charge in [-0.25, -0.2) is 0 Å². The number of amides is 2. The van der Waals surface area contributed by atoms with Gasteiger partial charge in [0, 0.05) is 5.56 Å². The highest BCUT2D eigenvalue weighted by Crippen LogP contribution is 2.10. The first-order chi connectivity index (χ1) is 11.6. The first kappa shape index (κ1) is 17.8. The van der Waals surface area contributed by atoms with E-state index in [4.69, 9.17) is 0 Å². The van der Waals surface area contributed by atoms with E-state index in [9.17, 15) is 9.59 Å². The van der Waals surface area contributed by atoms with Crippen molar-refractivity contribution in [2.75, 3.05) is 6.54 Å². The molecular formula is C19H20N2O2S. The number of thiophene rings is 1. The average molecular weight is 340 g/mol. The molecule has 1 heterocycles. The number of carbonyl (C=O) groups excluding carboxylic acids is 2. The lowest BCUT2D eigenvalue weighted by atomic mass is 10.0. The van der Waals surface area contributed by atoms with Crippen LogP contribution in [-0.2, 0) is 4.79 Å². The van der Waals surface area contributed by atoms with E-state index in [0.717, 1.165) is 5.56 Å². The second kappa shape index (κ2) is 8.90. The number of benzene rings is 1. The summed E-state index contributed by atoms with van der Waals surface area (Å²) in [6, 6.07) is 12.5. The van der Waals surface area contributed by atoms with Gasteiger partial charge in [0.25, 0.3) is 5.91 Å². The molecule has 24 heavy (non-hydrogen) atoms. The Bertz CT molecular complexity index is 728. The molecule has 0 saturated carbocycles. The molecule has 0 aliphatic carbocycles. The van der Waals surface area contributed by atoms with E-state index >= 15 is 0 Å². The largest absolute Gasteiger partial charge is 0.343 e. The Kier molecular flexibility index (Phi) is 6.59. The summed E-state index contributed by atoms with van der Waals surface area (Å²) in [5.74, 6) is 5.43. The van der Waals surface area contributed by atoms with Crippen LogP contribution >= 0.6 is 11.3 Å². The second-order valence-corrected chi connectivity index (χ2v) is 6.51. The Labute approximate surface area is 146 Å². The third-order valence-corrected chi connectivity index (χ3v) is 4.21. The maximum atomic E-state index is 12.3. The lowest BCUT2D eigenvalue weighted by Gasteiger charge is -2.20. The van der Waals surface area contributed by atoms with Crippen LogP contribution in [0.25, 0.3) is 0 Å². The van der Waals surface area contributed by atoms with E-state index in [2.05, 4.69) is 22.5 Å². The molecule has 5 heteroatoms. The fourth-order valence-corrected chi connectivity index (χ4v) is 2.69. The van der Waals surface area contributed by atoms with E-state index in [-0.39, 0.29) is 24.3 Å². The molecule has 0 radical (unpaired) electrons. The van der Waals surface area contributed by atoms with Gasteiger partial charge in [0.05, 0.1) is 11.4 Å². The van der Waals surface area contributed by atoms with Gasteiger partial charge in [0.15, 0.2) is 0 Å². The van der Waals surface area contributed by atoms with Crippen molar-refractivity contribution in [3.05, 3.63) is 58.3 Å². The average Bonchev–Trinajstić information content (AvgIpc) is 3.11. The van der Waals surface area contributed by atoms with Gasteiger partial charge in [-0.05, 0) is 29.5 Å². The van der Waals surface area contributed by atoms with Crippen molar-refractivity contribution in [2.24, 2.45) is 5.92 Å². The van der Waals surface area contributed by atoms with Crippen LogP contribution in [0.1, 0.15) is 29.1 Å². The van der Waals surface area contributed by atoms with Crippen molar-refractivity contribution in [3.8, 4) is 11.8 Å². The van der Waals surface area contributed by atoms with E-state index in [1.165, 1.54) is 11.3 Å². The van der Waals surface area contributed by atoms with Crippen LogP contribution < -0.4 is 10.6 Å². The minimum absolute atomic E-state index is 0.0176. The van der Waals surface area contributed by atoms with Crippen LogP contribution in [0.4, 0.5) is 0 Å². The molecule has 1 aromatic carbocycles. The highest BCUT2D eigenvalue weighted by Gasteiger charge is 2.24. The summed E-state index contributed by atoms with van der Waals surface area (Å²) >= 11 is 1.35. The third kappa shape index (κ3) is 5.25. The van der Waals surface area contributed by atoms with Crippen molar-refractivity contribution >= 4 is 23.2 Å². The molecule has 2 rings (SSSR count). The number of hydrogen-bond acceptors (Lipinski definition) is 3. The van der Waals surface area contributed by atoms with Gasteiger partial charge in [0.2, 0.25) is 5.91 Å². The summed E-state index contributed by atoms with van der Waals surface area (Å²) in [7, 11) is 0. The summed E-state index contributed by atoms with van der Waals surface area (Å²) in [6.07, 6.45) is 0. The SMILES string of the molecule is CC(C)C(NC(=O)c1cccs1)C(=O)NCC#Cc1ccccc1. The molecule has 0 aliphatic heterocycles. The Hall–Kier alpha value is -2.58. The Balaban J connectivity index is 1.90. The first-order valence-corrected chi connectivity index (χ1v) is 8.62. The summed E-state index contributed by atoms with van der Waals surface area (Å²) in [5.41, 5.74) is 0.901. The molecule has 0 saturated heterocycles. The molecule has 2 aromatic rings. The molecule has 4 nitrogen and oxygen atoms in total. The minimum Gasteiger partial charge on any atom is -0.343 e. The van der Waals surface area contributed by atoms with Crippen LogP contribution in [0.2, 0.25) is 0 Å². The molecule has 1 unspecified atom stereocenters. The summed E-state index contributed by atoms with van der Waals surface area (Å²) < 4.78 is 0. The fourth-order valence-electron chi connectivity index (χ4n) is 2.06. The standard InChI is InChI=1S/C19H20N2O2S/c1-14(2)17(21-18(22)16-11-7-13-24-16)19(23)20-12-6-10-15-8-4-3-5-9-15/h3-5,7-9,11,13-14,17H,12H2,1-2H3,(H,20,23)(H,21,22). The predicted molar refractivity (Wildman–Crippen MR) is 96.7 cm³/mol. The van der Waals surface area contributed by atoms with E-state index in [0.29, 0.717) is 4.88 Å². The van der Waals surface area contributed by atoms with Crippen LogP contribution in [0, 0.1) is 17.8 Å². The third-order valence-electron chi connectivity index (χ3n) is 3.34. The quantitative estimate of drug-likeness (QED) is 0.822. The molecular weight excluding hydrogens is 320 g/mol. The maximum absolute atomic E-state index is 12.3. The van der Waals surface area contributed by atoms with E-state index in [1.807, 2.05) is 55.6 Å². The number of hydrogen-bond donors (Lipinski definition) is 2. The van der Waals surface area contributed by atoms with E-state index in [1.54, 1.807) is 6.07 Å². The van der Waals surface area contributed by atoms with Gasteiger partial charge in [-0.15, -0.1) is 11.3 Å². The molecule has 2 N–H and O–H groups in total. The fraction of sp³-hybridized carbons (Fsp3) is 0.263. The van der Waals surface area contributed by atoms with E-state index < -0.39 is 6.04 Å². The number of carbonyl (C=O) groups is 2. The van der Waals surface area contributed by atoms with Crippen molar-refractivity contribution in [1.29, 1.82) is 0 Å². The highest BCUT2D eigenvalue weighted by atomic mass is 32.1. The van der Waals surface area contributed by atoms with Crippen LogP contribution in [0.15, 0.2) is 47.8 Å². The van der Waals surface area contributed by atoms with Gasteiger partial charge >= 0.3 is 0 Å². The number of rotatable bonds is 5. The molecule has 1 aromatic heterocycles.